The third kappa shape index (κ3) is 20.5. The maximum absolute atomic E-state index is 14.9. The van der Waals surface area contributed by atoms with Crippen molar-refractivity contribution in [1.82, 2.24) is 47.5 Å². The lowest BCUT2D eigenvalue weighted by Crippen LogP contribution is -2.62. The van der Waals surface area contributed by atoms with Crippen LogP contribution in [-0.4, -0.2) is 153 Å². The maximum atomic E-state index is 14.9. The minimum absolute atomic E-state index is 0.0468. The van der Waals surface area contributed by atoms with E-state index < -0.39 is 120 Å². The standard InChI is InChI=1S/C56H77N9O12S2/c1-7-37(26-35-18-10-8-11-19-35)48(69)63-45-31-78-79-32-46(53(74)62-44(30-66)33(2)67)64-54(75)47(34(3)68)65-49(70)41(24-16-17-25-57-55(76)77-56(4,5)6)59-51(72)43(28-38-29-58-40-23-15-14-22-39(38)40)61-50(71)42(60-52(45)73)27-36-20-12-9-13-21-36/h8-15,18-23,29,33-34,37,41-47,58,66-68H,7,16-17,24-28,30-32H2,1-6H3,(H,57,76)(H,59,72)(H,60,73)(H,61,71)(H,62,74)(H,63,69)(H,64,75)(H,65,70)/t33?,34-,37-,41?,42+,43-,44-,45+,46+,47?/m1/s1. The number of hydrogen-bond acceptors (Lipinski definition) is 14. The predicted octanol–water partition coefficient (Wildman–Crippen LogP) is 2.46. The molecular formula is C56H77N9O12S2. The van der Waals surface area contributed by atoms with Gasteiger partial charge in [0.05, 0.1) is 24.9 Å². The summed E-state index contributed by atoms with van der Waals surface area (Å²) in [6.45, 7) is 9.08. The first-order valence-electron chi connectivity index (χ1n) is 26.6. The molecule has 0 bridgehead atoms. The molecule has 2 heterocycles. The van der Waals surface area contributed by atoms with Gasteiger partial charge in [-0.25, -0.2) is 4.79 Å². The number of aromatic nitrogens is 1. The van der Waals surface area contributed by atoms with Crippen LogP contribution in [0, 0.1) is 5.92 Å². The fourth-order valence-corrected chi connectivity index (χ4v) is 10.9. The number of unbranched alkanes of at least 4 members (excludes halogenated alkanes) is 1. The number of H-pyrrole nitrogens is 1. The number of nitrogens with one attached hydrogen (secondary N) is 9. The quantitative estimate of drug-likeness (QED) is 0.0475. The minimum atomic E-state index is -1.71. The van der Waals surface area contributed by atoms with E-state index in [-0.39, 0.29) is 43.7 Å². The largest absolute Gasteiger partial charge is 0.444 e. The van der Waals surface area contributed by atoms with E-state index in [1.165, 1.54) is 13.8 Å². The Labute approximate surface area is 468 Å². The van der Waals surface area contributed by atoms with Crippen molar-refractivity contribution in [2.75, 3.05) is 24.7 Å². The molecule has 79 heavy (non-hydrogen) atoms. The summed E-state index contributed by atoms with van der Waals surface area (Å²) >= 11 is 0. The van der Waals surface area contributed by atoms with Crippen LogP contribution in [-0.2, 0) is 57.6 Å². The number of carbonyl (C=O) groups excluding carboxylic acids is 8. The highest BCUT2D eigenvalue weighted by Crippen LogP contribution is 2.25. The van der Waals surface area contributed by atoms with Gasteiger partial charge >= 0.3 is 6.09 Å². The number of rotatable bonds is 19. The van der Waals surface area contributed by atoms with Crippen molar-refractivity contribution in [1.29, 1.82) is 0 Å². The van der Waals surface area contributed by atoms with Crippen LogP contribution in [0.4, 0.5) is 4.79 Å². The Kier molecular flexibility index (Phi) is 25.0. The van der Waals surface area contributed by atoms with Crippen molar-refractivity contribution >= 4 is 79.9 Å². The second-order valence-electron chi connectivity index (χ2n) is 20.6. The number of ether oxygens (including phenoxy) is 1. The second kappa shape index (κ2) is 31.2. The van der Waals surface area contributed by atoms with Gasteiger partial charge in [-0.15, -0.1) is 0 Å². The van der Waals surface area contributed by atoms with E-state index in [1.54, 1.807) is 57.3 Å². The number of aromatic amines is 1. The summed E-state index contributed by atoms with van der Waals surface area (Å²) in [6, 6.07) is 15.9. The fraction of sp³-hybridized carbons (Fsp3) is 0.500. The molecule has 8 amide bonds. The Bertz CT molecular complexity index is 2650. The molecular weight excluding hydrogens is 1050 g/mol. The van der Waals surface area contributed by atoms with Crippen LogP contribution in [0.15, 0.2) is 91.1 Å². The van der Waals surface area contributed by atoms with E-state index in [1.807, 2.05) is 61.5 Å². The zero-order valence-corrected chi connectivity index (χ0v) is 47.2. The zero-order chi connectivity index (χ0) is 57.6. The fourth-order valence-electron chi connectivity index (χ4n) is 8.58. The average molecular weight is 1130 g/mol. The minimum Gasteiger partial charge on any atom is -0.444 e. The Hall–Kier alpha value is -6.66. The molecule has 4 aromatic rings. The van der Waals surface area contributed by atoms with E-state index in [0.717, 1.165) is 38.1 Å². The smallest absolute Gasteiger partial charge is 0.407 e. The molecule has 430 valence electrons. The van der Waals surface area contributed by atoms with E-state index in [2.05, 4.69) is 47.5 Å². The van der Waals surface area contributed by atoms with Gasteiger partial charge in [0.1, 0.15) is 41.9 Å². The van der Waals surface area contributed by atoms with Gasteiger partial charge in [-0.3, -0.25) is 33.6 Å². The summed E-state index contributed by atoms with van der Waals surface area (Å²) in [5.41, 5.74) is 2.19. The first-order chi connectivity index (χ1) is 37.7. The lowest BCUT2D eigenvalue weighted by molar-refractivity contribution is -0.136. The van der Waals surface area contributed by atoms with Gasteiger partial charge in [-0.2, -0.15) is 0 Å². The molecule has 1 fully saturated rings. The molecule has 23 heteroatoms. The second-order valence-corrected chi connectivity index (χ2v) is 23.2. The highest BCUT2D eigenvalue weighted by Gasteiger charge is 2.37. The van der Waals surface area contributed by atoms with Crippen LogP contribution >= 0.6 is 21.6 Å². The number of amides is 8. The molecule has 21 nitrogen and oxygen atoms in total. The molecule has 0 spiro atoms. The number of aliphatic hydroxyl groups excluding tert-OH is 3. The van der Waals surface area contributed by atoms with E-state index in [4.69, 9.17) is 4.74 Å². The van der Waals surface area contributed by atoms with Crippen LogP contribution in [0.5, 0.6) is 0 Å². The van der Waals surface area contributed by atoms with Crippen LogP contribution in [0.2, 0.25) is 0 Å². The van der Waals surface area contributed by atoms with Crippen LogP contribution in [0.1, 0.15) is 83.9 Å². The number of fused-ring (bicyclic) bond motifs is 1. The van der Waals surface area contributed by atoms with Crippen LogP contribution < -0.4 is 42.5 Å². The van der Waals surface area contributed by atoms with Crippen molar-refractivity contribution in [2.45, 2.75) is 147 Å². The number of benzene rings is 3. The van der Waals surface area contributed by atoms with Crippen LogP contribution in [0.3, 0.4) is 0 Å². The number of hydrogen-bond donors (Lipinski definition) is 12. The molecule has 5 rings (SSSR count). The van der Waals surface area contributed by atoms with Gasteiger partial charge in [0.25, 0.3) is 0 Å². The maximum Gasteiger partial charge on any atom is 0.407 e. The molecule has 10 atom stereocenters. The lowest BCUT2D eigenvalue weighted by Gasteiger charge is -2.29. The van der Waals surface area contributed by atoms with Crippen molar-refractivity contribution in [3.8, 4) is 0 Å². The lowest BCUT2D eigenvalue weighted by atomic mass is 9.95. The van der Waals surface area contributed by atoms with E-state index >= 15 is 0 Å². The molecule has 3 unspecified atom stereocenters. The summed E-state index contributed by atoms with van der Waals surface area (Å²) in [7, 11) is 2.11. The van der Waals surface area contributed by atoms with Gasteiger partial charge in [-0.05, 0) is 89.5 Å². The monoisotopic (exact) mass is 1130 g/mol. The highest BCUT2D eigenvalue weighted by atomic mass is 33.1. The van der Waals surface area contributed by atoms with Gasteiger partial charge in [0.15, 0.2) is 0 Å². The summed E-state index contributed by atoms with van der Waals surface area (Å²) in [5.74, 6) is -6.37. The zero-order valence-electron chi connectivity index (χ0n) is 45.5. The molecule has 1 saturated heterocycles. The van der Waals surface area contributed by atoms with Crippen LogP contribution in [0.25, 0.3) is 10.9 Å². The van der Waals surface area contributed by atoms with E-state index in [0.29, 0.717) is 30.4 Å². The molecule has 1 aliphatic rings. The van der Waals surface area contributed by atoms with Crippen molar-refractivity contribution < 1.29 is 58.4 Å². The molecule has 0 saturated carbocycles. The Morgan fingerprint density at radius 1 is 0.722 bits per heavy atom. The first kappa shape index (κ1) is 63.2. The Morgan fingerprint density at radius 3 is 1.95 bits per heavy atom. The van der Waals surface area contributed by atoms with Gasteiger partial charge in [0, 0.05) is 53.9 Å². The molecule has 0 radical (unpaired) electrons. The number of alkyl carbamates (subject to hydrolysis) is 1. The summed E-state index contributed by atoms with van der Waals surface area (Å²) in [5, 5.41) is 53.8. The van der Waals surface area contributed by atoms with Crippen molar-refractivity contribution in [3.05, 3.63) is 108 Å². The average Bonchev–Trinajstić information content (AvgIpc) is 3.87. The first-order valence-corrected chi connectivity index (χ1v) is 29.1. The molecule has 12 N–H and O–H groups in total. The van der Waals surface area contributed by atoms with Crippen molar-refractivity contribution in [2.24, 2.45) is 5.92 Å². The molecule has 0 aliphatic carbocycles. The Balaban J connectivity index is 1.57. The van der Waals surface area contributed by atoms with Gasteiger partial charge in [0.2, 0.25) is 41.4 Å². The predicted molar refractivity (Wildman–Crippen MR) is 303 cm³/mol. The molecule has 1 aromatic heterocycles. The normalized spacial score (nSPS) is 21.8. The summed E-state index contributed by atoms with van der Waals surface area (Å²) in [6.07, 6.45) is -0.648. The van der Waals surface area contributed by atoms with Gasteiger partial charge < -0.3 is 67.6 Å². The molecule has 3 aromatic carbocycles. The summed E-state index contributed by atoms with van der Waals surface area (Å²) < 4.78 is 5.34. The molecule has 1 aliphatic heterocycles. The van der Waals surface area contributed by atoms with Gasteiger partial charge in [-0.1, -0.05) is 107 Å². The third-order valence-electron chi connectivity index (χ3n) is 13.0. The SMILES string of the molecule is CC[C@H](Cc1ccccc1)C(=O)N[C@H]1CSSC[C@@H](C(=O)N[C@H](CO)C(C)O)NC(=O)C([C@@H](C)O)NC(=O)C(CCCCNC(=O)OC(C)(C)C)NC(=O)[C@@H](Cc2c[nH]c3ccccc23)NC(=O)[C@H](Cc2ccccc2)NC1=O. The number of carbonyl (C=O) groups is 8. The van der Waals surface area contributed by atoms with E-state index in [9.17, 15) is 53.7 Å². The Morgan fingerprint density at radius 2 is 1.32 bits per heavy atom. The number of para-hydroxylation sites is 1. The number of aliphatic hydroxyl groups is 3. The topological polar surface area (TPSA) is 319 Å². The summed E-state index contributed by atoms with van der Waals surface area (Å²) in [4.78, 5) is 117. The highest BCUT2D eigenvalue weighted by molar-refractivity contribution is 8.76. The van der Waals surface area contributed by atoms with Crippen molar-refractivity contribution in [3.63, 3.8) is 0 Å². The third-order valence-corrected chi connectivity index (χ3v) is 15.5.